The highest BCUT2D eigenvalue weighted by molar-refractivity contribution is 5.93. The molecule has 13 heavy (non-hydrogen) atoms. The summed E-state index contributed by atoms with van der Waals surface area (Å²) in [6.45, 7) is 6.34. The summed E-state index contributed by atoms with van der Waals surface area (Å²) >= 11 is 0. The molecule has 0 aliphatic heterocycles. The third-order valence-electron chi connectivity index (χ3n) is 1.81. The van der Waals surface area contributed by atoms with E-state index in [4.69, 9.17) is 4.52 Å². The second-order valence-electron chi connectivity index (χ2n) is 4.36. The van der Waals surface area contributed by atoms with Gasteiger partial charge < -0.3 is 4.52 Å². The minimum atomic E-state index is 0.0347. The van der Waals surface area contributed by atoms with Crippen molar-refractivity contribution in [2.75, 3.05) is 0 Å². The van der Waals surface area contributed by atoms with Crippen LogP contribution in [-0.2, 0) is 0 Å². The van der Waals surface area contributed by atoms with Crippen LogP contribution in [-0.4, -0.2) is 10.9 Å². The van der Waals surface area contributed by atoms with E-state index in [2.05, 4.69) is 25.9 Å². The first-order chi connectivity index (χ1) is 5.99. The average molecular weight is 181 g/mol. The van der Waals surface area contributed by atoms with Gasteiger partial charge in [0.15, 0.2) is 0 Å². The van der Waals surface area contributed by atoms with Crippen LogP contribution in [0.25, 0.3) is 0 Å². The fourth-order valence-corrected chi connectivity index (χ4v) is 0.971. The third-order valence-corrected chi connectivity index (χ3v) is 1.81. The summed E-state index contributed by atoms with van der Waals surface area (Å²) in [6, 6.07) is 1.60. The van der Waals surface area contributed by atoms with E-state index in [-0.39, 0.29) is 11.2 Å². The number of carbonyl (C=O) groups is 1. The molecule has 1 aromatic heterocycles. The van der Waals surface area contributed by atoms with Gasteiger partial charge in [0.05, 0.1) is 6.20 Å². The number of ketones is 1. The van der Waals surface area contributed by atoms with Gasteiger partial charge in [-0.3, -0.25) is 4.79 Å². The summed E-state index contributed by atoms with van der Waals surface area (Å²) < 4.78 is 4.76. The molecule has 0 aromatic carbocycles. The largest absolute Gasteiger partial charge is 0.353 e. The maximum Gasteiger partial charge on any atom is 0.202 e. The van der Waals surface area contributed by atoms with Crippen molar-refractivity contribution in [1.82, 2.24) is 5.16 Å². The Balaban J connectivity index is 2.44. The quantitative estimate of drug-likeness (QED) is 0.673. The molecular weight excluding hydrogens is 166 g/mol. The van der Waals surface area contributed by atoms with Gasteiger partial charge in [0.1, 0.15) is 0 Å². The van der Waals surface area contributed by atoms with Crippen LogP contribution in [0, 0.1) is 5.41 Å². The fraction of sp³-hybridized carbons (Fsp3) is 0.600. The lowest BCUT2D eigenvalue weighted by Gasteiger charge is -2.16. The Morgan fingerprint density at radius 3 is 2.69 bits per heavy atom. The molecule has 0 bridgehead atoms. The molecule has 0 saturated carbocycles. The molecule has 0 amide bonds. The summed E-state index contributed by atoms with van der Waals surface area (Å²) in [5, 5.41) is 3.49. The summed E-state index contributed by atoms with van der Waals surface area (Å²) in [4.78, 5) is 11.4. The molecule has 3 heteroatoms. The highest BCUT2D eigenvalue weighted by atomic mass is 16.5. The lowest BCUT2D eigenvalue weighted by atomic mass is 9.89. The van der Waals surface area contributed by atoms with Gasteiger partial charge in [0.2, 0.25) is 11.5 Å². The molecule has 3 nitrogen and oxygen atoms in total. The lowest BCUT2D eigenvalue weighted by Crippen LogP contribution is -2.08. The van der Waals surface area contributed by atoms with E-state index >= 15 is 0 Å². The van der Waals surface area contributed by atoms with Gasteiger partial charge in [-0.1, -0.05) is 25.9 Å². The summed E-state index contributed by atoms with van der Waals surface area (Å²) in [6.07, 6.45) is 2.88. The molecule has 72 valence electrons. The van der Waals surface area contributed by atoms with E-state index < -0.39 is 0 Å². The number of nitrogens with zero attached hydrogens (tertiary/aromatic N) is 1. The van der Waals surface area contributed by atoms with Crippen molar-refractivity contribution in [2.45, 2.75) is 33.6 Å². The number of carbonyl (C=O) groups excluding carboxylic acids is 1. The van der Waals surface area contributed by atoms with Crippen molar-refractivity contribution in [3.8, 4) is 0 Å². The van der Waals surface area contributed by atoms with Crippen LogP contribution in [0.2, 0.25) is 0 Å². The zero-order valence-electron chi connectivity index (χ0n) is 8.33. The maximum atomic E-state index is 11.4. The Morgan fingerprint density at radius 1 is 1.54 bits per heavy atom. The van der Waals surface area contributed by atoms with Crippen LogP contribution in [0.3, 0.4) is 0 Å². The zero-order chi connectivity index (χ0) is 9.90. The van der Waals surface area contributed by atoms with Gasteiger partial charge in [-0.05, 0) is 11.8 Å². The SMILES string of the molecule is CC(C)(C)CCC(=O)c1ccno1. The lowest BCUT2D eigenvalue weighted by molar-refractivity contribution is 0.0930. The molecule has 0 spiro atoms. The Kier molecular flexibility index (Phi) is 2.86. The third kappa shape index (κ3) is 3.40. The molecule has 0 atom stereocenters. The van der Waals surface area contributed by atoms with Gasteiger partial charge in [0, 0.05) is 12.5 Å². The maximum absolute atomic E-state index is 11.4. The average Bonchev–Trinajstić information content (AvgIpc) is 2.50. The predicted octanol–water partition coefficient (Wildman–Crippen LogP) is 2.68. The highest BCUT2D eigenvalue weighted by Crippen LogP contribution is 2.21. The second kappa shape index (κ2) is 3.73. The zero-order valence-corrected chi connectivity index (χ0v) is 8.33. The Bertz CT molecular complexity index is 270. The number of hydrogen-bond donors (Lipinski definition) is 0. The van der Waals surface area contributed by atoms with Crippen LogP contribution < -0.4 is 0 Å². The van der Waals surface area contributed by atoms with E-state index in [0.29, 0.717) is 12.2 Å². The molecule has 0 fully saturated rings. The molecular formula is C10H15NO2. The van der Waals surface area contributed by atoms with Crippen molar-refractivity contribution in [3.05, 3.63) is 18.0 Å². The highest BCUT2D eigenvalue weighted by Gasteiger charge is 2.15. The summed E-state index contributed by atoms with van der Waals surface area (Å²) in [7, 11) is 0. The van der Waals surface area contributed by atoms with Crippen LogP contribution in [0.15, 0.2) is 16.8 Å². The van der Waals surface area contributed by atoms with Crippen LogP contribution in [0.5, 0.6) is 0 Å². The van der Waals surface area contributed by atoms with E-state index in [9.17, 15) is 4.79 Å². The van der Waals surface area contributed by atoms with E-state index in [1.807, 2.05) is 0 Å². The minimum Gasteiger partial charge on any atom is -0.353 e. The monoisotopic (exact) mass is 181 g/mol. The summed E-state index contributed by atoms with van der Waals surface area (Å²) in [5.74, 6) is 0.400. The van der Waals surface area contributed by atoms with Crippen molar-refractivity contribution in [2.24, 2.45) is 5.41 Å². The van der Waals surface area contributed by atoms with Crippen molar-refractivity contribution in [3.63, 3.8) is 0 Å². The van der Waals surface area contributed by atoms with Crippen LogP contribution in [0.1, 0.15) is 44.2 Å². The molecule has 0 unspecified atom stereocenters. The second-order valence-corrected chi connectivity index (χ2v) is 4.36. The molecule has 1 aromatic rings. The molecule has 0 aliphatic carbocycles. The minimum absolute atomic E-state index is 0.0347. The Hall–Kier alpha value is -1.12. The summed E-state index contributed by atoms with van der Waals surface area (Å²) in [5.41, 5.74) is 0.190. The molecule has 1 rings (SSSR count). The Labute approximate surface area is 78.1 Å². The molecule has 0 saturated heterocycles. The smallest absolute Gasteiger partial charge is 0.202 e. The first kappa shape index (κ1) is 9.96. The van der Waals surface area contributed by atoms with E-state index in [0.717, 1.165) is 6.42 Å². The van der Waals surface area contributed by atoms with Gasteiger partial charge in [-0.15, -0.1) is 0 Å². The predicted molar refractivity (Wildman–Crippen MR) is 49.5 cm³/mol. The first-order valence-corrected chi connectivity index (χ1v) is 4.43. The number of aromatic nitrogens is 1. The van der Waals surface area contributed by atoms with Gasteiger partial charge >= 0.3 is 0 Å². The normalized spacial score (nSPS) is 11.6. The van der Waals surface area contributed by atoms with Crippen LogP contribution in [0.4, 0.5) is 0 Å². The topological polar surface area (TPSA) is 43.1 Å². The van der Waals surface area contributed by atoms with Crippen molar-refractivity contribution < 1.29 is 9.32 Å². The molecule has 0 aliphatic rings. The standard InChI is InChI=1S/C10H15NO2/c1-10(2,3)6-4-8(12)9-5-7-11-13-9/h5,7H,4,6H2,1-3H3. The number of Topliss-reactive ketones (excluding diaryl/α,β-unsaturated/α-hetero) is 1. The Morgan fingerprint density at radius 2 is 2.23 bits per heavy atom. The van der Waals surface area contributed by atoms with E-state index in [1.54, 1.807) is 6.07 Å². The molecule has 0 N–H and O–H groups in total. The van der Waals surface area contributed by atoms with Gasteiger partial charge in [-0.25, -0.2) is 0 Å². The van der Waals surface area contributed by atoms with Gasteiger partial charge in [-0.2, -0.15) is 0 Å². The number of hydrogen-bond acceptors (Lipinski definition) is 3. The van der Waals surface area contributed by atoms with Crippen molar-refractivity contribution >= 4 is 5.78 Å². The van der Waals surface area contributed by atoms with E-state index in [1.165, 1.54) is 6.20 Å². The van der Waals surface area contributed by atoms with Crippen molar-refractivity contribution in [1.29, 1.82) is 0 Å². The molecule has 0 radical (unpaired) electrons. The molecule has 1 heterocycles. The first-order valence-electron chi connectivity index (χ1n) is 4.43. The number of rotatable bonds is 3. The fourth-order valence-electron chi connectivity index (χ4n) is 0.971. The van der Waals surface area contributed by atoms with Gasteiger partial charge in [0.25, 0.3) is 0 Å². The van der Waals surface area contributed by atoms with Crippen LogP contribution >= 0.6 is 0 Å².